The minimum Gasteiger partial charge on any atom is -0.478 e. The van der Waals surface area contributed by atoms with E-state index in [4.69, 9.17) is 16.3 Å². The van der Waals surface area contributed by atoms with Crippen LogP contribution in [0.5, 0.6) is 5.88 Å². The molecule has 106 valence electrons. The number of pyridine rings is 1. The SMILES string of the molecule is CC(C)CCCOc1ccc(Cl)c(CNC2CC2)n1. The van der Waals surface area contributed by atoms with Crippen LogP contribution in [0.1, 0.15) is 45.2 Å². The molecule has 1 aliphatic carbocycles. The third kappa shape index (κ3) is 5.37. The summed E-state index contributed by atoms with van der Waals surface area (Å²) >= 11 is 6.14. The van der Waals surface area contributed by atoms with Crippen LogP contribution < -0.4 is 10.1 Å². The van der Waals surface area contributed by atoms with Gasteiger partial charge in [0.05, 0.1) is 17.3 Å². The summed E-state index contributed by atoms with van der Waals surface area (Å²) in [6.45, 7) is 5.90. The average molecular weight is 283 g/mol. The molecule has 0 aromatic carbocycles. The molecule has 4 heteroatoms. The van der Waals surface area contributed by atoms with Crippen LogP contribution in [0.3, 0.4) is 0 Å². The fourth-order valence-corrected chi connectivity index (χ4v) is 2.04. The van der Waals surface area contributed by atoms with E-state index in [0.29, 0.717) is 16.9 Å². The van der Waals surface area contributed by atoms with E-state index in [1.54, 1.807) is 0 Å². The summed E-state index contributed by atoms with van der Waals surface area (Å²) < 4.78 is 5.68. The molecule has 1 N–H and O–H groups in total. The maximum atomic E-state index is 6.14. The zero-order valence-corrected chi connectivity index (χ0v) is 12.5. The van der Waals surface area contributed by atoms with Crippen LogP contribution in [-0.2, 0) is 6.54 Å². The normalized spacial score (nSPS) is 14.9. The number of ether oxygens (including phenoxy) is 1. The summed E-state index contributed by atoms with van der Waals surface area (Å²) in [7, 11) is 0. The zero-order chi connectivity index (χ0) is 13.7. The van der Waals surface area contributed by atoms with Crippen LogP contribution in [0.4, 0.5) is 0 Å². The molecular weight excluding hydrogens is 260 g/mol. The van der Waals surface area contributed by atoms with Crippen LogP contribution in [0.15, 0.2) is 12.1 Å². The third-order valence-electron chi connectivity index (χ3n) is 3.20. The second-order valence-corrected chi connectivity index (χ2v) is 6.02. The molecule has 1 saturated carbocycles. The Bertz CT molecular complexity index is 405. The van der Waals surface area contributed by atoms with Crippen molar-refractivity contribution in [1.82, 2.24) is 10.3 Å². The summed E-state index contributed by atoms with van der Waals surface area (Å²) in [6, 6.07) is 4.38. The van der Waals surface area contributed by atoms with Crippen molar-refractivity contribution in [2.45, 2.75) is 52.1 Å². The first kappa shape index (κ1) is 14.6. The molecule has 0 radical (unpaired) electrons. The van der Waals surface area contributed by atoms with E-state index in [0.717, 1.165) is 31.2 Å². The van der Waals surface area contributed by atoms with Gasteiger partial charge in [0, 0.05) is 18.7 Å². The third-order valence-corrected chi connectivity index (χ3v) is 3.55. The summed E-state index contributed by atoms with van der Waals surface area (Å²) in [5, 5.41) is 4.13. The van der Waals surface area contributed by atoms with Crippen LogP contribution in [0, 0.1) is 5.92 Å². The summed E-state index contributed by atoms with van der Waals surface area (Å²) in [6.07, 6.45) is 4.79. The van der Waals surface area contributed by atoms with Crippen molar-refractivity contribution in [2.24, 2.45) is 5.92 Å². The van der Waals surface area contributed by atoms with Crippen molar-refractivity contribution in [3.05, 3.63) is 22.8 Å². The Kier molecular flexibility index (Phi) is 5.46. The lowest BCUT2D eigenvalue weighted by Crippen LogP contribution is -2.16. The molecule has 1 aromatic rings. The largest absolute Gasteiger partial charge is 0.478 e. The number of halogens is 1. The van der Waals surface area contributed by atoms with Crippen molar-refractivity contribution in [1.29, 1.82) is 0 Å². The van der Waals surface area contributed by atoms with Gasteiger partial charge < -0.3 is 10.1 Å². The highest BCUT2D eigenvalue weighted by Gasteiger charge is 2.20. The van der Waals surface area contributed by atoms with Gasteiger partial charge in [-0.05, 0) is 37.7 Å². The molecule has 1 aliphatic rings. The molecule has 0 amide bonds. The van der Waals surface area contributed by atoms with E-state index in [1.807, 2.05) is 12.1 Å². The Morgan fingerprint density at radius 3 is 2.89 bits per heavy atom. The fourth-order valence-electron chi connectivity index (χ4n) is 1.87. The number of hydrogen-bond acceptors (Lipinski definition) is 3. The Morgan fingerprint density at radius 2 is 2.21 bits per heavy atom. The zero-order valence-electron chi connectivity index (χ0n) is 11.8. The lowest BCUT2D eigenvalue weighted by molar-refractivity contribution is 0.286. The molecule has 0 atom stereocenters. The van der Waals surface area contributed by atoms with Gasteiger partial charge in [0.1, 0.15) is 0 Å². The molecule has 19 heavy (non-hydrogen) atoms. The Hall–Kier alpha value is -0.800. The van der Waals surface area contributed by atoms with E-state index in [-0.39, 0.29) is 0 Å². The molecule has 2 rings (SSSR count). The van der Waals surface area contributed by atoms with Crippen molar-refractivity contribution in [3.63, 3.8) is 0 Å². The second kappa shape index (κ2) is 7.11. The van der Waals surface area contributed by atoms with Crippen molar-refractivity contribution in [2.75, 3.05) is 6.61 Å². The van der Waals surface area contributed by atoms with Gasteiger partial charge in [-0.15, -0.1) is 0 Å². The molecule has 0 saturated heterocycles. The highest BCUT2D eigenvalue weighted by atomic mass is 35.5. The smallest absolute Gasteiger partial charge is 0.213 e. The van der Waals surface area contributed by atoms with Gasteiger partial charge in [0.2, 0.25) is 5.88 Å². The molecule has 0 bridgehead atoms. The first-order valence-corrected chi connectivity index (χ1v) is 7.54. The van der Waals surface area contributed by atoms with E-state index in [2.05, 4.69) is 24.1 Å². The minimum absolute atomic E-state index is 0.661. The average Bonchev–Trinajstić information content (AvgIpc) is 3.18. The van der Waals surface area contributed by atoms with Gasteiger partial charge >= 0.3 is 0 Å². The summed E-state index contributed by atoms with van der Waals surface area (Å²) in [5.41, 5.74) is 0.884. The van der Waals surface area contributed by atoms with E-state index >= 15 is 0 Å². The van der Waals surface area contributed by atoms with Gasteiger partial charge in [-0.25, -0.2) is 4.98 Å². The number of nitrogens with one attached hydrogen (secondary N) is 1. The highest BCUT2D eigenvalue weighted by Crippen LogP contribution is 2.22. The van der Waals surface area contributed by atoms with Gasteiger partial charge in [-0.1, -0.05) is 25.4 Å². The Labute approximate surface area is 120 Å². The fraction of sp³-hybridized carbons (Fsp3) is 0.667. The number of hydrogen-bond donors (Lipinski definition) is 1. The maximum absolute atomic E-state index is 6.14. The van der Waals surface area contributed by atoms with Gasteiger partial charge in [-0.2, -0.15) is 0 Å². The predicted octanol–water partition coefficient (Wildman–Crippen LogP) is 3.80. The lowest BCUT2D eigenvalue weighted by atomic mass is 10.1. The molecular formula is C15H23ClN2O. The first-order valence-electron chi connectivity index (χ1n) is 7.16. The second-order valence-electron chi connectivity index (χ2n) is 5.62. The molecule has 0 unspecified atom stereocenters. The molecule has 3 nitrogen and oxygen atoms in total. The molecule has 1 fully saturated rings. The van der Waals surface area contributed by atoms with Gasteiger partial charge in [0.25, 0.3) is 0 Å². The van der Waals surface area contributed by atoms with Crippen LogP contribution in [-0.4, -0.2) is 17.6 Å². The quantitative estimate of drug-likeness (QED) is 0.737. The highest BCUT2D eigenvalue weighted by molar-refractivity contribution is 6.31. The van der Waals surface area contributed by atoms with Crippen molar-refractivity contribution >= 4 is 11.6 Å². The summed E-state index contributed by atoms with van der Waals surface area (Å²) in [4.78, 5) is 4.47. The predicted molar refractivity (Wildman–Crippen MR) is 78.7 cm³/mol. The Morgan fingerprint density at radius 1 is 1.42 bits per heavy atom. The van der Waals surface area contributed by atoms with Crippen LogP contribution in [0.25, 0.3) is 0 Å². The number of aromatic nitrogens is 1. The van der Waals surface area contributed by atoms with E-state index < -0.39 is 0 Å². The van der Waals surface area contributed by atoms with Crippen LogP contribution >= 0.6 is 11.6 Å². The molecule has 1 heterocycles. The van der Waals surface area contributed by atoms with Gasteiger partial charge in [-0.3, -0.25) is 0 Å². The van der Waals surface area contributed by atoms with Crippen molar-refractivity contribution in [3.8, 4) is 5.88 Å². The topological polar surface area (TPSA) is 34.1 Å². The van der Waals surface area contributed by atoms with Gasteiger partial charge in [0.15, 0.2) is 0 Å². The van der Waals surface area contributed by atoms with E-state index in [9.17, 15) is 0 Å². The molecule has 0 spiro atoms. The minimum atomic E-state index is 0.661. The molecule has 0 aliphatic heterocycles. The van der Waals surface area contributed by atoms with Crippen molar-refractivity contribution < 1.29 is 4.74 Å². The monoisotopic (exact) mass is 282 g/mol. The standard InChI is InChI=1S/C15H23ClN2O/c1-11(2)4-3-9-19-15-8-7-13(16)14(18-15)10-17-12-5-6-12/h7-8,11-12,17H,3-6,9-10H2,1-2H3. The number of rotatable bonds is 8. The molecule has 1 aromatic heterocycles. The van der Waals surface area contributed by atoms with Crippen LogP contribution in [0.2, 0.25) is 5.02 Å². The lowest BCUT2D eigenvalue weighted by Gasteiger charge is -2.10. The Balaban J connectivity index is 1.80. The summed E-state index contributed by atoms with van der Waals surface area (Å²) in [5.74, 6) is 1.40. The first-order chi connectivity index (χ1) is 9.15. The number of nitrogens with zero attached hydrogens (tertiary/aromatic N) is 1. The maximum Gasteiger partial charge on any atom is 0.213 e. The van der Waals surface area contributed by atoms with E-state index in [1.165, 1.54) is 19.3 Å².